The van der Waals surface area contributed by atoms with Gasteiger partial charge in [-0.2, -0.15) is 0 Å². The molecule has 5 heteroatoms. The Morgan fingerprint density at radius 3 is 2.44 bits per heavy atom. The first kappa shape index (κ1) is 11.7. The van der Waals surface area contributed by atoms with Gasteiger partial charge in [-0.15, -0.1) is 0 Å². The minimum Gasteiger partial charge on any atom is -0.465 e. The Hall–Kier alpha value is -0.810. The van der Waals surface area contributed by atoms with E-state index in [4.69, 9.17) is 0 Å². The number of hydrogen-bond donors (Lipinski definition) is 1. The molecule has 0 aromatic heterocycles. The van der Waals surface area contributed by atoms with Crippen LogP contribution >= 0.6 is 0 Å². The van der Waals surface area contributed by atoms with E-state index in [0.717, 1.165) is 45.4 Å². The van der Waals surface area contributed by atoms with Gasteiger partial charge in [0.05, 0.1) is 6.17 Å². The average Bonchev–Trinajstić information content (AvgIpc) is 2.30. The van der Waals surface area contributed by atoms with E-state index in [2.05, 4.69) is 16.8 Å². The van der Waals surface area contributed by atoms with Gasteiger partial charge in [0.25, 0.3) is 0 Å². The second-order valence-electron chi connectivity index (χ2n) is 4.79. The van der Waals surface area contributed by atoms with E-state index in [0.29, 0.717) is 6.54 Å². The van der Waals surface area contributed by atoms with E-state index < -0.39 is 6.09 Å². The van der Waals surface area contributed by atoms with Crippen molar-refractivity contribution in [1.29, 1.82) is 0 Å². The Morgan fingerprint density at radius 1 is 1.12 bits per heavy atom. The number of carboxylic acid groups (broad SMARTS) is 1. The van der Waals surface area contributed by atoms with E-state index in [1.165, 1.54) is 0 Å². The number of hydrogen-bond acceptors (Lipinski definition) is 3. The predicted molar refractivity (Wildman–Crippen MR) is 61.4 cm³/mol. The summed E-state index contributed by atoms with van der Waals surface area (Å²) in [5.74, 6) is 0. The summed E-state index contributed by atoms with van der Waals surface area (Å²) in [4.78, 5) is 17.4. The van der Waals surface area contributed by atoms with Gasteiger partial charge in [0.15, 0.2) is 0 Å². The quantitative estimate of drug-likeness (QED) is 0.717. The lowest BCUT2D eigenvalue weighted by Gasteiger charge is -2.44. The molecule has 0 bridgehead atoms. The molecule has 2 rings (SSSR count). The highest BCUT2D eigenvalue weighted by Crippen LogP contribution is 2.21. The number of nitrogens with zero attached hydrogens (tertiary/aromatic N) is 3. The van der Waals surface area contributed by atoms with Crippen LogP contribution in [0.3, 0.4) is 0 Å². The van der Waals surface area contributed by atoms with Crippen molar-refractivity contribution in [2.75, 3.05) is 39.8 Å². The molecule has 0 spiro atoms. The monoisotopic (exact) mass is 227 g/mol. The number of likely N-dealkylation sites (tertiary alicyclic amines) is 1. The predicted octanol–water partition coefficient (Wildman–Crippen LogP) is 0.724. The Labute approximate surface area is 96.6 Å². The normalized spacial score (nSPS) is 29.3. The molecule has 0 aliphatic carbocycles. The summed E-state index contributed by atoms with van der Waals surface area (Å²) in [6.07, 6.45) is 2.52. The van der Waals surface area contributed by atoms with Crippen LogP contribution in [0.5, 0.6) is 0 Å². The fourth-order valence-corrected chi connectivity index (χ4v) is 2.64. The molecular weight excluding hydrogens is 206 g/mol. The summed E-state index contributed by atoms with van der Waals surface area (Å²) in [5.41, 5.74) is 0. The molecule has 0 aromatic carbocycles. The fourth-order valence-electron chi connectivity index (χ4n) is 2.64. The maximum absolute atomic E-state index is 11.2. The van der Waals surface area contributed by atoms with Crippen LogP contribution in [0.25, 0.3) is 0 Å². The first-order valence-corrected chi connectivity index (χ1v) is 6.10. The van der Waals surface area contributed by atoms with Crippen molar-refractivity contribution >= 4 is 6.09 Å². The Kier molecular flexibility index (Phi) is 3.66. The summed E-state index contributed by atoms with van der Waals surface area (Å²) >= 11 is 0. The van der Waals surface area contributed by atoms with Crippen LogP contribution in [-0.4, -0.2) is 71.8 Å². The summed E-state index contributed by atoms with van der Waals surface area (Å²) in [6.45, 7) is 4.77. The lowest BCUT2D eigenvalue weighted by atomic mass is 10.1. The summed E-state index contributed by atoms with van der Waals surface area (Å²) in [7, 11) is 2.12. The number of carbonyl (C=O) groups is 1. The van der Waals surface area contributed by atoms with E-state index >= 15 is 0 Å². The molecule has 0 radical (unpaired) electrons. The van der Waals surface area contributed by atoms with E-state index in [1.54, 1.807) is 4.90 Å². The third-order valence-electron chi connectivity index (χ3n) is 3.68. The zero-order chi connectivity index (χ0) is 11.5. The lowest BCUT2D eigenvalue weighted by Crippen LogP contribution is -2.57. The van der Waals surface area contributed by atoms with Gasteiger partial charge in [-0.05, 0) is 26.3 Å². The molecule has 2 heterocycles. The van der Waals surface area contributed by atoms with Crippen molar-refractivity contribution < 1.29 is 9.90 Å². The molecule has 92 valence electrons. The highest BCUT2D eigenvalue weighted by molar-refractivity contribution is 5.65. The summed E-state index contributed by atoms with van der Waals surface area (Å²) < 4.78 is 0. The summed E-state index contributed by atoms with van der Waals surface area (Å²) in [5, 5.41) is 9.18. The van der Waals surface area contributed by atoms with Gasteiger partial charge < -0.3 is 10.0 Å². The highest BCUT2D eigenvalue weighted by atomic mass is 16.4. The minimum absolute atomic E-state index is 0.125. The van der Waals surface area contributed by atoms with Crippen molar-refractivity contribution in [3.05, 3.63) is 0 Å². The largest absolute Gasteiger partial charge is 0.465 e. The van der Waals surface area contributed by atoms with Crippen molar-refractivity contribution in [3.8, 4) is 0 Å². The average molecular weight is 227 g/mol. The Balaban J connectivity index is 1.97. The van der Waals surface area contributed by atoms with Gasteiger partial charge >= 0.3 is 6.09 Å². The molecular formula is C11H21N3O2. The second-order valence-corrected chi connectivity index (χ2v) is 4.79. The van der Waals surface area contributed by atoms with Gasteiger partial charge in [-0.1, -0.05) is 0 Å². The molecule has 5 nitrogen and oxygen atoms in total. The van der Waals surface area contributed by atoms with Gasteiger partial charge in [0, 0.05) is 32.7 Å². The standard InChI is InChI=1S/C11H21N3O2/c1-12-6-8-13(9-7-12)10-4-2-3-5-14(10)11(15)16/h10H,2-9H2,1H3,(H,15,16). The molecule has 2 aliphatic heterocycles. The lowest BCUT2D eigenvalue weighted by molar-refractivity contribution is -0.00153. The zero-order valence-electron chi connectivity index (χ0n) is 9.93. The van der Waals surface area contributed by atoms with Crippen LogP contribution < -0.4 is 0 Å². The minimum atomic E-state index is -0.761. The van der Waals surface area contributed by atoms with Crippen molar-refractivity contribution in [3.63, 3.8) is 0 Å². The first-order valence-electron chi connectivity index (χ1n) is 6.10. The third kappa shape index (κ3) is 2.47. The third-order valence-corrected chi connectivity index (χ3v) is 3.68. The molecule has 1 N–H and O–H groups in total. The smallest absolute Gasteiger partial charge is 0.408 e. The maximum atomic E-state index is 11.2. The number of rotatable bonds is 1. The zero-order valence-corrected chi connectivity index (χ0v) is 9.93. The van der Waals surface area contributed by atoms with E-state index in [1.807, 2.05) is 0 Å². The number of likely N-dealkylation sites (N-methyl/N-ethyl adjacent to an activating group) is 1. The number of piperazine rings is 1. The SMILES string of the molecule is CN1CCN(C2CCCCN2C(=O)O)CC1. The summed E-state index contributed by atoms with van der Waals surface area (Å²) in [6, 6.07) is 0. The molecule has 2 aliphatic rings. The molecule has 1 atom stereocenters. The highest BCUT2D eigenvalue weighted by Gasteiger charge is 2.32. The van der Waals surface area contributed by atoms with E-state index in [-0.39, 0.29) is 6.17 Å². The molecule has 0 aromatic rings. The van der Waals surface area contributed by atoms with Gasteiger partial charge in [0.2, 0.25) is 0 Å². The molecule has 1 unspecified atom stereocenters. The van der Waals surface area contributed by atoms with Crippen LogP contribution in [0.1, 0.15) is 19.3 Å². The van der Waals surface area contributed by atoms with Crippen LogP contribution in [-0.2, 0) is 0 Å². The van der Waals surface area contributed by atoms with Crippen LogP contribution in [0.4, 0.5) is 4.79 Å². The molecule has 0 saturated carbocycles. The van der Waals surface area contributed by atoms with Crippen molar-refractivity contribution in [2.24, 2.45) is 0 Å². The Morgan fingerprint density at radius 2 is 1.81 bits per heavy atom. The van der Waals surface area contributed by atoms with Crippen LogP contribution in [0.2, 0.25) is 0 Å². The second kappa shape index (κ2) is 5.01. The maximum Gasteiger partial charge on any atom is 0.408 e. The van der Waals surface area contributed by atoms with E-state index in [9.17, 15) is 9.90 Å². The fraction of sp³-hybridized carbons (Fsp3) is 0.909. The first-order chi connectivity index (χ1) is 7.68. The molecule has 2 saturated heterocycles. The van der Waals surface area contributed by atoms with Crippen molar-refractivity contribution in [2.45, 2.75) is 25.4 Å². The topological polar surface area (TPSA) is 47.0 Å². The molecule has 16 heavy (non-hydrogen) atoms. The Bertz CT molecular complexity index is 252. The van der Waals surface area contributed by atoms with Gasteiger partial charge in [-0.3, -0.25) is 9.80 Å². The number of piperidine rings is 1. The van der Waals surface area contributed by atoms with Gasteiger partial charge in [0.1, 0.15) is 0 Å². The number of amides is 1. The van der Waals surface area contributed by atoms with Crippen LogP contribution in [0.15, 0.2) is 0 Å². The molecule has 1 amide bonds. The molecule has 2 fully saturated rings. The van der Waals surface area contributed by atoms with Crippen molar-refractivity contribution in [1.82, 2.24) is 14.7 Å². The van der Waals surface area contributed by atoms with Gasteiger partial charge in [-0.25, -0.2) is 4.79 Å². The van der Waals surface area contributed by atoms with Crippen LogP contribution in [0, 0.1) is 0 Å².